The Morgan fingerprint density at radius 2 is 1.66 bits per heavy atom. The monoisotopic (exact) mass is 410 g/mol. The second-order valence-corrected chi connectivity index (χ2v) is 8.37. The molecule has 0 aliphatic rings. The molecule has 0 radical (unpaired) electrons. The number of thiazole rings is 1. The third-order valence-corrected chi connectivity index (χ3v) is 5.09. The molecule has 6 nitrogen and oxygen atoms in total. The van der Waals surface area contributed by atoms with Gasteiger partial charge in [-0.15, -0.1) is 0 Å². The lowest BCUT2D eigenvalue weighted by Crippen LogP contribution is -2.08. The maximum atomic E-state index is 12.9. The Hall–Kier alpha value is -3.06. The van der Waals surface area contributed by atoms with Crippen LogP contribution in [0.15, 0.2) is 45.6 Å². The summed E-state index contributed by atoms with van der Waals surface area (Å²) >= 11 is 1.28. The van der Waals surface area contributed by atoms with Gasteiger partial charge in [0.05, 0.1) is 27.8 Å². The predicted octanol–water partition coefficient (Wildman–Crippen LogP) is 5.23. The van der Waals surface area contributed by atoms with Crippen LogP contribution in [0, 0.1) is 0 Å². The average molecular weight is 410 g/mol. The first-order valence-corrected chi connectivity index (χ1v) is 10.2. The van der Waals surface area contributed by atoms with Crippen LogP contribution in [0.1, 0.15) is 27.7 Å². The zero-order chi connectivity index (χ0) is 20.7. The maximum Gasteiger partial charge on any atom is 0.194 e. The molecular formula is C22H22N2O4S. The minimum Gasteiger partial charge on any atom is -0.491 e. The van der Waals surface area contributed by atoms with Gasteiger partial charge in [-0.2, -0.15) is 0 Å². The molecular weight excluding hydrogens is 388 g/mol. The van der Waals surface area contributed by atoms with Gasteiger partial charge in [-0.05, 0) is 52.0 Å². The third-order valence-electron chi connectivity index (χ3n) is 4.17. The van der Waals surface area contributed by atoms with E-state index in [9.17, 15) is 4.79 Å². The van der Waals surface area contributed by atoms with E-state index < -0.39 is 0 Å². The first kappa shape index (κ1) is 19.3. The molecule has 0 amide bonds. The minimum atomic E-state index is -0.142. The lowest BCUT2D eigenvalue weighted by Gasteiger charge is -2.15. The molecule has 2 aromatic carbocycles. The number of hydrogen-bond acceptors (Lipinski definition) is 7. The quantitative estimate of drug-likeness (QED) is 0.485. The number of nitrogens with zero attached hydrogens (tertiary/aromatic N) is 1. The molecule has 0 spiro atoms. The largest absolute Gasteiger partial charge is 0.491 e. The van der Waals surface area contributed by atoms with Crippen molar-refractivity contribution in [3.05, 3.63) is 46.6 Å². The van der Waals surface area contributed by atoms with E-state index in [1.807, 2.05) is 52.0 Å². The first-order chi connectivity index (χ1) is 13.8. The van der Waals surface area contributed by atoms with Gasteiger partial charge in [-0.1, -0.05) is 11.3 Å². The molecule has 0 fully saturated rings. The van der Waals surface area contributed by atoms with Crippen molar-refractivity contribution in [3.63, 3.8) is 0 Å². The van der Waals surface area contributed by atoms with Crippen molar-refractivity contribution in [1.29, 1.82) is 0 Å². The summed E-state index contributed by atoms with van der Waals surface area (Å²) in [5.74, 6) is 1.75. The topological polar surface area (TPSA) is 87.6 Å². The summed E-state index contributed by atoms with van der Waals surface area (Å²) < 4.78 is 18.5. The summed E-state index contributed by atoms with van der Waals surface area (Å²) in [5, 5.41) is 0.915. The molecule has 7 heteroatoms. The fourth-order valence-electron chi connectivity index (χ4n) is 3.19. The van der Waals surface area contributed by atoms with Gasteiger partial charge in [0.25, 0.3) is 0 Å². The van der Waals surface area contributed by atoms with Crippen LogP contribution in [0.25, 0.3) is 32.5 Å². The highest BCUT2D eigenvalue weighted by molar-refractivity contribution is 7.22. The Bertz CT molecular complexity index is 1230. The van der Waals surface area contributed by atoms with E-state index >= 15 is 0 Å². The second kappa shape index (κ2) is 7.40. The van der Waals surface area contributed by atoms with Crippen molar-refractivity contribution in [2.24, 2.45) is 0 Å². The second-order valence-electron chi connectivity index (χ2n) is 7.34. The Morgan fingerprint density at radius 3 is 2.28 bits per heavy atom. The standard InChI is InChI=1S/C22H22N2O4S/c1-11(2)26-14-7-13(8-15(9-14)27-12(3)4)19-10-17(25)20-18(28-19)6-5-16-21(20)29-22(23)24-16/h5-12H,1-4H3,(H2,23,24). The number of ether oxygens (including phenoxy) is 2. The van der Waals surface area contributed by atoms with Crippen LogP contribution in [-0.2, 0) is 0 Å². The van der Waals surface area contributed by atoms with Crippen LogP contribution in [-0.4, -0.2) is 17.2 Å². The Balaban J connectivity index is 1.89. The summed E-state index contributed by atoms with van der Waals surface area (Å²) in [6.07, 6.45) is 0.0108. The number of nitrogen functional groups attached to an aromatic ring is 1. The van der Waals surface area contributed by atoms with E-state index in [-0.39, 0.29) is 17.6 Å². The van der Waals surface area contributed by atoms with Crippen LogP contribution in [0.2, 0.25) is 0 Å². The molecule has 2 N–H and O–H groups in total. The highest BCUT2D eigenvalue weighted by atomic mass is 32.1. The number of fused-ring (bicyclic) bond motifs is 3. The number of hydrogen-bond donors (Lipinski definition) is 1. The van der Waals surface area contributed by atoms with E-state index in [4.69, 9.17) is 19.6 Å². The average Bonchev–Trinajstić information content (AvgIpc) is 3.00. The molecule has 4 rings (SSSR count). The zero-order valence-electron chi connectivity index (χ0n) is 16.7. The molecule has 0 saturated carbocycles. The van der Waals surface area contributed by atoms with Gasteiger partial charge in [0.1, 0.15) is 22.8 Å². The van der Waals surface area contributed by atoms with Crippen LogP contribution < -0.4 is 20.6 Å². The number of nitrogens with two attached hydrogens (primary N) is 1. The minimum absolute atomic E-state index is 0.00540. The fourth-order valence-corrected chi connectivity index (χ4v) is 4.06. The van der Waals surface area contributed by atoms with Crippen molar-refractivity contribution < 1.29 is 13.9 Å². The number of anilines is 1. The Morgan fingerprint density at radius 1 is 1.00 bits per heavy atom. The van der Waals surface area contributed by atoms with Gasteiger partial charge in [0.2, 0.25) is 0 Å². The van der Waals surface area contributed by atoms with E-state index in [0.29, 0.717) is 44.4 Å². The smallest absolute Gasteiger partial charge is 0.194 e. The molecule has 2 aromatic heterocycles. The first-order valence-electron chi connectivity index (χ1n) is 9.42. The summed E-state index contributed by atoms with van der Waals surface area (Å²) in [5.41, 5.74) is 7.57. The molecule has 0 bridgehead atoms. The molecule has 29 heavy (non-hydrogen) atoms. The molecule has 0 aliphatic heterocycles. The Labute approximate surface area is 171 Å². The summed E-state index contributed by atoms with van der Waals surface area (Å²) in [4.78, 5) is 17.2. The molecule has 0 saturated heterocycles. The summed E-state index contributed by atoms with van der Waals surface area (Å²) in [6.45, 7) is 7.82. The van der Waals surface area contributed by atoms with Gasteiger partial charge in [-0.3, -0.25) is 4.79 Å². The van der Waals surface area contributed by atoms with Gasteiger partial charge < -0.3 is 19.6 Å². The lowest BCUT2D eigenvalue weighted by atomic mass is 10.1. The lowest BCUT2D eigenvalue weighted by molar-refractivity contribution is 0.229. The van der Waals surface area contributed by atoms with Crippen molar-refractivity contribution >= 4 is 37.7 Å². The normalized spacial score (nSPS) is 11.7. The number of aromatic nitrogens is 1. The van der Waals surface area contributed by atoms with Crippen LogP contribution >= 0.6 is 11.3 Å². The molecule has 150 valence electrons. The zero-order valence-corrected chi connectivity index (χ0v) is 17.5. The van der Waals surface area contributed by atoms with Gasteiger partial charge in [0, 0.05) is 17.7 Å². The van der Waals surface area contributed by atoms with Crippen molar-refractivity contribution in [1.82, 2.24) is 4.98 Å². The molecule has 4 aromatic rings. The molecule has 0 atom stereocenters. The SMILES string of the molecule is CC(C)Oc1cc(OC(C)C)cc(-c2cc(=O)c3c(ccc4nc(N)sc43)o2)c1. The van der Waals surface area contributed by atoms with E-state index in [2.05, 4.69) is 4.98 Å². The van der Waals surface area contributed by atoms with E-state index in [1.54, 1.807) is 6.07 Å². The van der Waals surface area contributed by atoms with Crippen molar-refractivity contribution in [2.75, 3.05) is 5.73 Å². The predicted molar refractivity (Wildman–Crippen MR) is 117 cm³/mol. The van der Waals surface area contributed by atoms with E-state index in [1.165, 1.54) is 17.4 Å². The molecule has 0 unspecified atom stereocenters. The summed E-state index contributed by atoms with van der Waals surface area (Å²) in [7, 11) is 0. The molecule has 0 aliphatic carbocycles. The van der Waals surface area contributed by atoms with Crippen molar-refractivity contribution in [2.45, 2.75) is 39.9 Å². The van der Waals surface area contributed by atoms with Crippen molar-refractivity contribution in [3.8, 4) is 22.8 Å². The maximum absolute atomic E-state index is 12.9. The third kappa shape index (κ3) is 3.91. The van der Waals surface area contributed by atoms with Crippen LogP contribution in [0.3, 0.4) is 0 Å². The van der Waals surface area contributed by atoms with Crippen LogP contribution in [0.5, 0.6) is 11.5 Å². The van der Waals surface area contributed by atoms with Gasteiger partial charge in [0.15, 0.2) is 10.6 Å². The van der Waals surface area contributed by atoms with Gasteiger partial charge in [-0.25, -0.2) is 4.98 Å². The Kier molecular flexibility index (Phi) is 4.92. The highest BCUT2D eigenvalue weighted by Gasteiger charge is 2.15. The summed E-state index contributed by atoms with van der Waals surface area (Å²) in [6, 6.07) is 10.6. The highest BCUT2D eigenvalue weighted by Crippen LogP contribution is 2.34. The van der Waals surface area contributed by atoms with Crippen LogP contribution in [0.4, 0.5) is 5.13 Å². The fraction of sp³-hybridized carbons (Fsp3) is 0.273. The van der Waals surface area contributed by atoms with Gasteiger partial charge >= 0.3 is 0 Å². The van der Waals surface area contributed by atoms with E-state index in [0.717, 1.165) is 4.70 Å². The number of benzene rings is 2. The number of rotatable bonds is 5. The molecule has 2 heterocycles.